The molecule has 0 radical (unpaired) electrons. The molecular weight excluding hydrogens is 768 g/mol. The minimum atomic E-state index is -0.843. The first-order chi connectivity index (χ1) is 28.7. The molecule has 15 nitrogen and oxygen atoms in total. The van der Waals surface area contributed by atoms with Gasteiger partial charge < -0.3 is 61.9 Å². The minimum absolute atomic E-state index is 0.111. The van der Waals surface area contributed by atoms with Gasteiger partial charge in [-0.05, 0) is 88.3 Å². The Bertz CT molecular complexity index is 2270. The second-order valence-corrected chi connectivity index (χ2v) is 15.0. The number of rotatable bonds is 8. The van der Waals surface area contributed by atoms with Crippen LogP contribution in [0.3, 0.4) is 0 Å². The number of ether oxygens (including phenoxy) is 12. The molecule has 0 unspecified atom stereocenters. The van der Waals surface area contributed by atoms with Gasteiger partial charge in [0.25, 0.3) is 0 Å². The van der Waals surface area contributed by atoms with E-state index in [1.54, 1.807) is 41.6 Å². The summed E-state index contributed by atoms with van der Waals surface area (Å²) in [4.78, 5) is 25.4. The summed E-state index contributed by atoms with van der Waals surface area (Å²) in [6.07, 6.45) is -0.0761. The Hall–Kier alpha value is -6.22. The lowest BCUT2D eigenvalue weighted by atomic mass is 9.66. The molecular formula is C44H44O15. The molecule has 15 heteroatoms. The van der Waals surface area contributed by atoms with Gasteiger partial charge in [0.1, 0.15) is 0 Å². The van der Waals surface area contributed by atoms with Crippen molar-refractivity contribution in [2.75, 3.05) is 69.5 Å². The lowest BCUT2D eigenvalue weighted by Gasteiger charge is -2.37. The number of aliphatic hydroxyl groups excluding tert-OH is 1. The first-order valence-electron chi connectivity index (χ1n) is 19.2. The number of carbonyl (C=O) groups excluding carboxylic acids is 2. The van der Waals surface area contributed by atoms with Crippen molar-refractivity contribution >= 4 is 11.9 Å². The van der Waals surface area contributed by atoms with Crippen LogP contribution in [-0.2, 0) is 25.5 Å². The first-order valence-corrected chi connectivity index (χ1v) is 19.2. The van der Waals surface area contributed by atoms with Crippen LogP contribution in [0.15, 0.2) is 48.5 Å². The SMILES string of the molecule is COc1cc([C@@H]2c3cc4c(cc3C[C@H]3COC(=O)[C@@H]32)OCO4)cc(OC)c1OC.COc1cc([C@@H]2c3cc4c(cc3[C@H](O)[C@H]3COC(=O)[C@@H]23)OCO4)cc(OC)c1OC. The van der Waals surface area contributed by atoms with Crippen LogP contribution in [0.4, 0.5) is 0 Å². The smallest absolute Gasteiger partial charge is 0.310 e. The molecule has 2 saturated heterocycles. The van der Waals surface area contributed by atoms with Crippen molar-refractivity contribution in [1.82, 2.24) is 0 Å². The Morgan fingerprint density at radius 2 is 0.949 bits per heavy atom. The number of carbonyl (C=O) groups is 2. The van der Waals surface area contributed by atoms with E-state index in [-0.39, 0.29) is 61.7 Å². The van der Waals surface area contributed by atoms with Gasteiger partial charge in [-0.1, -0.05) is 0 Å². The molecule has 4 heterocycles. The zero-order valence-corrected chi connectivity index (χ0v) is 33.4. The van der Waals surface area contributed by atoms with E-state index in [9.17, 15) is 14.7 Å². The number of benzene rings is 4. The van der Waals surface area contributed by atoms with Gasteiger partial charge in [-0.15, -0.1) is 0 Å². The molecule has 0 bridgehead atoms. The third-order valence-corrected chi connectivity index (χ3v) is 12.3. The fourth-order valence-electron chi connectivity index (χ4n) is 9.60. The summed E-state index contributed by atoms with van der Waals surface area (Å²) in [5.74, 6) is 3.52. The second kappa shape index (κ2) is 15.2. The van der Waals surface area contributed by atoms with Gasteiger partial charge in [0, 0.05) is 23.7 Å². The predicted molar refractivity (Wildman–Crippen MR) is 206 cm³/mol. The van der Waals surface area contributed by atoms with Crippen LogP contribution in [0.1, 0.15) is 51.3 Å². The van der Waals surface area contributed by atoms with Crippen LogP contribution in [-0.4, -0.2) is 86.5 Å². The summed E-state index contributed by atoms with van der Waals surface area (Å²) < 4.78 is 66.1. The fraction of sp³-hybridized carbons (Fsp3) is 0.409. The lowest BCUT2D eigenvalue weighted by molar-refractivity contribution is -0.142. The van der Waals surface area contributed by atoms with Crippen LogP contribution in [0, 0.1) is 23.7 Å². The van der Waals surface area contributed by atoms with Gasteiger partial charge in [0.05, 0.1) is 73.8 Å². The molecule has 10 rings (SSSR count). The highest BCUT2D eigenvalue weighted by Gasteiger charge is 2.53. The number of aliphatic hydroxyl groups is 1. The molecule has 7 atom stereocenters. The van der Waals surface area contributed by atoms with E-state index < -0.39 is 12.0 Å². The van der Waals surface area contributed by atoms with E-state index >= 15 is 0 Å². The van der Waals surface area contributed by atoms with Crippen LogP contribution >= 0.6 is 0 Å². The number of methoxy groups -OCH3 is 6. The maximum Gasteiger partial charge on any atom is 0.310 e. The molecule has 0 aromatic heterocycles. The highest BCUT2D eigenvalue weighted by molar-refractivity contribution is 5.80. The third-order valence-electron chi connectivity index (χ3n) is 12.3. The molecule has 310 valence electrons. The van der Waals surface area contributed by atoms with E-state index in [0.29, 0.717) is 63.9 Å². The molecule has 2 fully saturated rings. The molecule has 0 amide bonds. The van der Waals surface area contributed by atoms with Gasteiger partial charge in [-0.3, -0.25) is 9.59 Å². The van der Waals surface area contributed by atoms with E-state index in [2.05, 4.69) is 0 Å². The maximum atomic E-state index is 12.7. The zero-order chi connectivity index (χ0) is 41.1. The molecule has 6 aliphatic rings. The van der Waals surface area contributed by atoms with Crippen molar-refractivity contribution in [3.63, 3.8) is 0 Å². The van der Waals surface area contributed by atoms with E-state index in [1.165, 1.54) is 7.11 Å². The highest BCUT2D eigenvalue weighted by Crippen LogP contribution is 2.56. The summed E-state index contributed by atoms with van der Waals surface area (Å²) in [6.45, 7) is 0.928. The number of cyclic esters (lactones) is 2. The minimum Gasteiger partial charge on any atom is -0.493 e. The Morgan fingerprint density at radius 3 is 1.46 bits per heavy atom. The van der Waals surface area contributed by atoms with Crippen molar-refractivity contribution in [2.24, 2.45) is 23.7 Å². The molecule has 4 aliphatic heterocycles. The average Bonchev–Trinajstić information content (AvgIpc) is 4.08. The Kier molecular flexibility index (Phi) is 9.86. The molecule has 4 aromatic rings. The maximum absolute atomic E-state index is 12.7. The molecule has 0 saturated carbocycles. The third kappa shape index (κ3) is 6.21. The Labute approximate surface area is 339 Å². The van der Waals surface area contributed by atoms with Gasteiger partial charge in [0.2, 0.25) is 25.1 Å². The van der Waals surface area contributed by atoms with Gasteiger partial charge >= 0.3 is 11.9 Å². The van der Waals surface area contributed by atoms with Crippen molar-refractivity contribution < 1.29 is 71.5 Å². The quantitative estimate of drug-likeness (QED) is 0.227. The number of hydrogen-bond donors (Lipinski definition) is 1. The summed E-state index contributed by atoms with van der Waals surface area (Å²) in [5, 5.41) is 11.0. The Balaban J connectivity index is 0.000000152. The van der Waals surface area contributed by atoms with Crippen LogP contribution < -0.4 is 47.4 Å². The van der Waals surface area contributed by atoms with Crippen LogP contribution in [0.2, 0.25) is 0 Å². The van der Waals surface area contributed by atoms with Gasteiger partial charge in [-0.25, -0.2) is 0 Å². The summed E-state index contributed by atoms with van der Waals surface area (Å²) in [6, 6.07) is 15.2. The molecule has 59 heavy (non-hydrogen) atoms. The predicted octanol–water partition coefficient (Wildman–Crippen LogP) is 5.33. The van der Waals surface area contributed by atoms with Crippen LogP contribution in [0.25, 0.3) is 0 Å². The van der Waals surface area contributed by atoms with Gasteiger partial charge in [0.15, 0.2) is 46.0 Å². The summed E-state index contributed by atoms with van der Waals surface area (Å²) in [5.41, 5.74) is 5.40. The van der Waals surface area contributed by atoms with E-state index in [0.717, 1.165) is 40.0 Å². The van der Waals surface area contributed by atoms with Crippen LogP contribution in [0.5, 0.6) is 57.5 Å². The standard InChI is InChI=1S/C22H22O8.C22H22O7/c1-25-16-4-10(5-17(26-2)21(16)27-3)18-11-6-14-15(30-9-29-14)7-12(11)20(23)13-8-28-22(24)19(13)18;1-24-17-6-12(7-18(25-2)21(17)26-3)19-14-8-16-15(28-10-29-16)5-11(14)4-13-9-27-22(23)20(13)19/h4-7,13,18-20,23H,8-9H2,1-3H3;5-8,13,19-20H,4,9-10H2,1-3H3/t13-,18+,19+,20-;13-,19+,20-/m00/s1. The van der Waals surface area contributed by atoms with Crippen molar-refractivity contribution in [3.05, 3.63) is 81.9 Å². The molecule has 0 spiro atoms. The van der Waals surface area contributed by atoms with Crippen molar-refractivity contribution in [1.29, 1.82) is 0 Å². The number of hydrogen-bond acceptors (Lipinski definition) is 15. The average molecular weight is 813 g/mol. The summed E-state index contributed by atoms with van der Waals surface area (Å²) >= 11 is 0. The van der Waals surface area contributed by atoms with Crippen molar-refractivity contribution in [3.8, 4) is 57.5 Å². The van der Waals surface area contributed by atoms with Crippen molar-refractivity contribution in [2.45, 2.75) is 24.4 Å². The van der Waals surface area contributed by atoms with Gasteiger partial charge in [-0.2, -0.15) is 0 Å². The molecule has 4 aromatic carbocycles. The largest absolute Gasteiger partial charge is 0.493 e. The molecule has 1 N–H and O–H groups in total. The fourth-order valence-corrected chi connectivity index (χ4v) is 9.60. The topological polar surface area (TPSA) is 165 Å². The zero-order valence-electron chi connectivity index (χ0n) is 33.4. The normalized spacial score (nSPS) is 24.9. The number of fused-ring (bicyclic) bond motifs is 6. The van der Waals surface area contributed by atoms with E-state index in [4.69, 9.17) is 56.8 Å². The lowest BCUT2D eigenvalue weighted by Crippen LogP contribution is -2.34. The first kappa shape index (κ1) is 38.3. The second-order valence-electron chi connectivity index (χ2n) is 15.0. The summed E-state index contributed by atoms with van der Waals surface area (Å²) in [7, 11) is 9.37. The highest BCUT2D eigenvalue weighted by atomic mass is 16.7. The monoisotopic (exact) mass is 812 g/mol. The Morgan fingerprint density at radius 1 is 0.508 bits per heavy atom. The van der Waals surface area contributed by atoms with E-state index in [1.807, 2.05) is 42.5 Å². The molecule has 2 aliphatic carbocycles. The number of esters is 2.